The number of nitrogens with zero attached hydrogens (tertiary/aromatic N) is 2. The number of pyridine rings is 1. The minimum Gasteiger partial charge on any atom is -0.223 e. The summed E-state index contributed by atoms with van der Waals surface area (Å²) in [6.07, 6.45) is 0.730. The quantitative estimate of drug-likeness (QED) is 0.770. The van der Waals surface area contributed by atoms with E-state index in [4.69, 9.17) is 0 Å². The number of hydrogen-bond donors (Lipinski definition) is 0. The van der Waals surface area contributed by atoms with Gasteiger partial charge in [0, 0.05) is 0 Å². The van der Waals surface area contributed by atoms with Gasteiger partial charge in [0.25, 0.3) is 0 Å². The van der Waals surface area contributed by atoms with Crippen LogP contribution in [0, 0.1) is 17.3 Å². The second-order valence-electron chi connectivity index (χ2n) is 4.00. The van der Waals surface area contributed by atoms with E-state index in [2.05, 4.69) is 11.1 Å². The summed E-state index contributed by atoms with van der Waals surface area (Å²) < 4.78 is 13.3. The van der Waals surface area contributed by atoms with E-state index < -0.39 is 11.9 Å². The first-order valence-electron chi connectivity index (χ1n) is 5.86. The van der Waals surface area contributed by atoms with Crippen LogP contribution in [-0.2, 0) is 6.42 Å². The number of aryl methyl sites for hydroxylation is 1. The van der Waals surface area contributed by atoms with E-state index in [9.17, 15) is 9.65 Å². The highest BCUT2D eigenvalue weighted by atomic mass is 19.1. The van der Waals surface area contributed by atoms with Crippen molar-refractivity contribution in [2.24, 2.45) is 0 Å². The zero-order valence-corrected chi connectivity index (χ0v) is 10.1. The summed E-state index contributed by atoms with van der Waals surface area (Å²) >= 11 is 0. The molecule has 1 aromatic heterocycles. The van der Waals surface area contributed by atoms with Crippen LogP contribution in [0.3, 0.4) is 0 Å². The normalized spacial score (nSPS) is 11.8. The van der Waals surface area contributed by atoms with Gasteiger partial charge in [-0.05, 0) is 23.6 Å². The fourth-order valence-corrected chi connectivity index (χ4v) is 1.97. The van der Waals surface area contributed by atoms with Crippen molar-refractivity contribution in [2.45, 2.75) is 19.3 Å². The number of nitriles is 1. The number of benzene rings is 1. The molecule has 18 heavy (non-hydrogen) atoms. The largest absolute Gasteiger partial charge is 0.223 e. The molecule has 90 valence electrons. The van der Waals surface area contributed by atoms with E-state index in [1.807, 2.05) is 37.3 Å². The number of halogens is 1. The Morgan fingerprint density at radius 2 is 1.94 bits per heavy atom. The zero-order chi connectivity index (χ0) is 13.0. The average Bonchev–Trinajstić information content (AvgIpc) is 2.41. The van der Waals surface area contributed by atoms with E-state index in [1.54, 1.807) is 6.07 Å². The second-order valence-corrected chi connectivity index (χ2v) is 4.00. The van der Waals surface area contributed by atoms with Crippen molar-refractivity contribution in [1.82, 2.24) is 4.98 Å². The fourth-order valence-electron chi connectivity index (χ4n) is 1.97. The molecule has 1 aromatic carbocycles. The lowest BCUT2D eigenvalue weighted by Gasteiger charge is -2.12. The molecule has 0 N–H and O–H groups in total. The molecule has 0 amide bonds. The Morgan fingerprint density at radius 1 is 1.22 bits per heavy atom. The van der Waals surface area contributed by atoms with Crippen molar-refractivity contribution in [1.29, 1.82) is 5.26 Å². The van der Waals surface area contributed by atoms with E-state index in [0.29, 0.717) is 5.69 Å². The third-order valence-electron chi connectivity index (χ3n) is 2.89. The van der Waals surface area contributed by atoms with Crippen molar-refractivity contribution in [3.05, 3.63) is 65.2 Å². The smallest absolute Gasteiger partial charge is 0.213 e. The molecule has 1 unspecified atom stereocenters. The van der Waals surface area contributed by atoms with Crippen LogP contribution in [0.15, 0.2) is 42.5 Å². The summed E-state index contributed by atoms with van der Waals surface area (Å²) in [5, 5.41) is 9.33. The first-order valence-corrected chi connectivity index (χ1v) is 5.86. The maximum atomic E-state index is 13.3. The standard InChI is InChI=1S/C15H13FN2/c1-2-11-8-9-14(16)18-15(11)13(10-17)12-6-4-3-5-7-12/h3-9,13H,2H2,1H3. The Morgan fingerprint density at radius 3 is 2.56 bits per heavy atom. The summed E-state index contributed by atoms with van der Waals surface area (Å²) in [6, 6.07) is 14.6. The molecule has 0 aliphatic carbocycles. The number of rotatable bonds is 3. The Hall–Kier alpha value is -2.21. The molecule has 2 aromatic rings. The van der Waals surface area contributed by atoms with Crippen molar-refractivity contribution in [2.75, 3.05) is 0 Å². The molecule has 2 nitrogen and oxygen atoms in total. The molecular weight excluding hydrogens is 227 g/mol. The van der Waals surface area contributed by atoms with Gasteiger partial charge in [0.05, 0.1) is 11.8 Å². The predicted molar refractivity (Wildman–Crippen MR) is 67.5 cm³/mol. The number of hydrogen-bond acceptors (Lipinski definition) is 2. The molecule has 1 heterocycles. The van der Waals surface area contributed by atoms with Crippen LogP contribution in [0.1, 0.15) is 29.7 Å². The molecular formula is C15H13FN2. The van der Waals surface area contributed by atoms with Crippen LogP contribution in [0.5, 0.6) is 0 Å². The molecule has 0 saturated carbocycles. The van der Waals surface area contributed by atoms with Crippen LogP contribution in [0.4, 0.5) is 4.39 Å². The monoisotopic (exact) mass is 240 g/mol. The van der Waals surface area contributed by atoms with Crippen LogP contribution in [0.2, 0.25) is 0 Å². The highest BCUT2D eigenvalue weighted by Gasteiger charge is 2.18. The molecule has 1 atom stereocenters. The summed E-state index contributed by atoms with van der Waals surface area (Å²) in [5.41, 5.74) is 2.27. The molecule has 2 rings (SSSR count). The lowest BCUT2D eigenvalue weighted by Crippen LogP contribution is -2.06. The van der Waals surface area contributed by atoms with Gasteiger partial charge in [-0.25, -0.2) is 4.98 Å². The molecule has 0 aliphatic heterocycles. The third kappa shape index (κ3) is 2.38. The summed E-state index contributed by atoms with van der Waals surface area (Å²) in [7, 11) is 0. The van der Waals surface area contributed by atoms with Crippen LogP contribution in [-0.4, -0.2) is 4.98 Å². The molecule has 0 aliphatic rings. The van der Waals surface area contributed by atoms with E-state index >= 15 is 0 Å². The second kappa shape index (κ2) is 5.42. The maximum absolute atomic E-state index is 13.3. The molecule has 3 heteroatoms. The summed E-state index contributed by atoms with van der Waals surface area (Å²) in [6.45, 7) is 1.97. The van der Waals surface area contributed by atoms with Gasteiger partial charge in [0.2, 0.25) is 5.95 Å². The van der Waals surface area contributed by atoms with Crippen molar-refractivity contribution in [3.8, 4) is 6.07 Å². The lowest BCUT2D eigenvalue weighted by atomic mass is 9.93. The van der Waals surface area contributed by atoms with Crippen LogP contribution >= 0.6 is 0 Å². The van der Waals surface area contributed by atoms with Gasteiger partial charge < -0.3 is 0 Å². The summed E-state index contributed by atoms with van der Waals surface area (Å²) in [5.74, 6) is -1.06. The average molecular weight is 240 g/mol. The van der Waals surface area contributed by atoms with Gasteiger partial charge in [-0.3, -0.25) is 0 Å². The van der Waals surface area contributed by atoms with Crippen molar-refractivity contribution < 1.29 is 4.39 Å². The number of aromatic nitrogens is 1. The summed E-state index contributed by atoms with van der Waals surface area (Å²) in [4.78, 5) is 3.90. The molecule has 0 fully saturated rings. The Bertz CT molecular complexity index is 573. The highest BCUT2D eigenvalue weighted by molar-refractivity contribution is 5.38. The van der Waals surface area contributed by atoms with E-state index in [-0.39, 0.29) is 0 Å². The molecule has 0 radical (unpaired) electrons. The van der Waals surface area contributed by atoms with Gasteiger partial charge >= 0.3 is 0 Å². The minimum atomic E-state index is -0.543. The predicted octanol–water partition coefficient (Wildman–Crippen LogP) is 3.44. The maximum Gasteiger partial charge on any atom is 0.213 e. The Balaban J connectivity index is 2.52. The Kier molecular flexibility index (Phi) is 3.69. The van der Waals surface area contributed by atoms with Gasteiger partial charge in [0.15, 0.2) is 0 Å². The molecule has 0 bridgehead atoms. The first-order chi connectivity index (χ1) is 8.76. The molecule has 0 saturated heterocycles. The van der Waals surface area contributed by atoms with Gasteiger partial charge in [0.1, 0.15) is 5.92 Å². The van der Waals surface area contributed by atoms with E-state index in [1.165, 1.54) is 6.07 Å². The topological polar surface area (TPSA) is 36.7 Å². The van der Waals surface area contributed by atoms with Crippen LogP contribution in [0.25, 0.3) is 0 Å². The van der Waals surface area contributed by atoms with E-state index in [0.717, 1.165) is 17.5 Å². The third-order valence-corrected chi connectivity index (χ3v) is 2.89. The molecule has 0 spiro atoms. The SMILES string of the molecule is CCc1ccc(F)nc1C(C#N)c1ccccc1. The first kappa shape index (κ1) is 12.3. The lowest BCUT2D eigenvalue weighted by molar-refractivity contribution is 0.574. The van der Waals surface area contributed by atoms with Gasteiger partial charge in [-0.1, -0.05) is 43.3 Å². The zero-order valence-electron chi connectivity index (χ0n) is 10.1. The van der Waals surface area contributed by atoms with Gasteiger partial charge in [-0.2, -0.15) is 9.65 Å². The van der Waals surface area contributed by atoms with Crippen LogP contribution < -0.4 is 0 Å². The van der Waals surface area contributed by atoms with Crippen molar-refractivity contribution >= 4 is 0 Å². The van der Waals surface area contributed by atoms with Crippen molar-refractivity contribution in [3.63, 3.8) is 0 Å². The highest BCUT2D eigenvalue weighted by Crippen LogP contribution is 2.25. The minimum absolute atomic E-state index is 0.517. The fraction of sp³-hybridized carbons (Fsp3) is 0.200. The van der Waals surface area contributed by atoms with Gasteiger partial charge in [-0.15, -0.1) is 0 Å². The Labute approximate surface area is 106 Å².